The number of nitrogens with zero attached hydrogens (tertiary/aromatic N) is 4. The Labute approximate surface area is 244 Å². The first-order valence-electron chi connectivity index (χ1n) is 13.2. The smallest absolute Gasteiger partial charge is 0.280 e. The van der Waals surface area contributed by atoms with Crippen molar-refractivity contribution in [2.75, 3.05) is 25.2 Å². The molecule has 11 heteroatoms. The van der Waals surface area contributed by atoms with Crippen LogP contribution < -0.4 is 9.75 Å². The molecule has 0 spiro atoms. The van der Waals surface area contributed by atoms with Gasteiger partial charge in [0.1, 0.15) is 11.6 Å². The Hall–Kier alpha value is -3.67. The minimum Gasteiger partial charge on any atom is -0.497 e. The zero-order valence-electron chi connectivity index (χ0n) is 23.6. The predicted octanol–water partition coefficient (Wildman–Crippen LogP) is 6.43. The van der Waals surface area contributed by atoms with Gasteiger partial charge in [0.15, 0.2) is 0 Å². The molecule has 8 nitrogen and oxygen atoms in total. The summed E-state index contributed by atoms with van der Waals surface area (Å²) in [6.07, 6.45) is 1.51. The minimum absolute atomic E-state index is 0.110. The zero-order chi connectivity index (χ0) is 29.7. The molecular formula is C30H33FN4O4S2. The number of hydrogen-bond acceptors (Lipinski definition) is 7. The Kier molecular flexibility index (Phi) is 9.52. The van der Waals surface area contributed by atoms with Gasteiger partial charge in [-0.2, -0.15) is 14.4 Å². The van der Waals surface area contributed by atoms with Gasteiger partial charge in [0.2, 0.25) is 15.2 Å². The van der Waals surface area contributed by atoms with Crippen molar-refractivity contribution in [1.82, 2.24) is 9.29 Å². The van der Waals surface area contributed by atoms with E-state index in [1.54, 1.807) is 37.4 Å². The summed E-state index contributed by atoms with van der Waals surface area (Å²) in [6.45, 7) is 8.69. The van der Waals surface area contributed by atoms with Crippen LogP contribution in [0.3, 0.4) is 0 Å². The third kappa shape index (κ3) is 7.35. The first-order valence-corrected chi connectivity index (χ1v) is 15.4. The van der Waals surface area contributed by atoms with E-state index < -0.39 is 21.7 Å². The van der Waals surface area contributed by atoms with E-state index >= 15 is 0 Å². The molecule has 0 fully saturated rings. The fraction of sp³-hybridized carbons (Fsp3) is 0.300. The maximum Gasteiger partial charge on any atom is 0.280 e. The van der Waals surface area contributed by atoms with Crippen LogP contribution in [0.2, 0.25) is 0 Å². The molecule has 1 aromatic heterocycles. The highest BCUT2D eigenvalue weighted by Gasteiger charge is 2.27. The largest absolute Gasteiger partial charge is 0.497 e. The molecule has 3 aromatic carbocycles. The van der Waals surface area contributed by atoms with Crippen molar-refractivity contribution >= 4 is 48.8 Å². The van der Waals surface area contributed by atoms with Gasteiger partial charge < -0.3 is 4.74 Å². The number of fused-ring (bicyclic) bond motifs is 1. The van der Waals surface area contributed by atoms with E-state index in [9.17, 15) is 17.6 Å². The summed E-state index contributed by atoms with van der Waals surface area (Å²) in [6, 6.07) is 17.2. The molecule has 0 atom stereocenters. The fourth-order valence-corrected chi connectivity index (χ4v) is 6.82. The van der Waals surface area contributed by atoms with Gasteiger partial charge in [-0.05, 0) is 84.1 Å². The second kappa shape index (κ2) is 12.9. The lowest BCUT2D eigenvalue weighted by atomic mass is 10.2. The first-order chi connectivity index (χ1) is 19.5. The molecule has 0 aliphatic heterocycles. The van der Waals surface area contributed by atoms with E-state index in [1.807, 2.05) is 27.7 Å². The first kappa shape index (κ1) is 30.3. The quantitative estimate of drug-likeness (QED) is 0.147. The van der Waals surface area contributed by atoms with Gasteiger partial charge in [-0.1, -0.05) is 39.0 Å². The number of amides is 1. The Morgan fingerprint density at radius 1 is 1.00 bits per heavy atom. The van der Waals surface area contributed by atoms with E-state index in [0.29, 0.717) is 34.6 Å². The van der Waals surface area contributed by atoms with Gasteiger partial charge >= 0.3 is 0 Å². The van der Waals surface area contributed by atoms with Gasteiger partial charge in [0.25, 0.3) is 5.91 Å². The lowest BCUT2D eigenvalue weighted by Gasteiger charge is -2.25. The molecule has 1 amide bonds. The molecule has 41 heavy (non-hydrogen) atoms. The summed E-state index contributed by atoms with van der Waals surface area (Å²) in [5.41, 5.74) is 1.47. The topological polar surface area (TPSA) is 92.2 Å². The Morgan fingerprint density at radius 3 is 2.22 bits per heavy atom. The van der Waals surface area contributed by atoms with Crippen LogP contribution in [0.5, 0.6) is 5.75 Å². The van der Waals surface area contributed by atoms with Crippen molar-refractivity contribution < 1.29 is 22.3 Å². The number of thiazole rings is 1. The monoisotopic (exact) mass is 596 g/mol. The molecule has 216 valence electrons. The zero-order valence-corrected chi connectivity index (χ0v) is 25.2. The van der Waals surface area contributed by atoms with Gasteiger partial charge in [-0.3, -0.25) is 4.79 Å². The molecule has 4 rings (SSSR count). The number of halogens is 1. The van der Waals surface area contributed by atoms with Crippen molar-refractivity contribution in [2.24, 2.45) is 16.9 Å². The van der Waals surface area contributed by atoms with Crippen molar-refractivity contribution in [3.05, 3.63) is 83.7 Å². The van der Waals surface area contributed by atoms with Crippen molar-refractivity contribution in [3.63, 3.8) is 0 Å². The Balaban J connectivity index is 1.68. The summed E-state index contributed by atoms with van der Waals surface area (Å²) in [5.74, 6) is 0.0683. The van der Waals surface area contributed by atoms with Crippen LogP contribution in [0.25, 0.3) is 10.2 Å². The summed E-state index contributed by atoms with van der Waals surface area (Å²) in [7, 11) is -2.19. The van der Waals surface area contributed by atoms with Crippen LogP contribution in [-0.2, 0) is 10.0 Å². The number of anilines is 1. The molecular weight excluding hydrogens is 563 g/mol. The third-order valence-electron chi connectivity index (χ3n) is 6.03. The SMILES string of the molecule is COc1ccc(/C=N/N(C(=O)c2ccc(S(=O)(=O)N(CC(C)C)CC(C)C)cc2)c2nc3ccc(F)cc3s2)cc1. The maximum atomic E-state index is 13.8. The summed E-state index contributed by atoms with van der Waals surface area (Å²) >= 11 is 1.12. The van der Waals surface area contributed by atoms with Crippen LogP contribution in [-0.4, -0.2) is 50.0 Å². The van der Waals surface area contributed by atoms with Crippen LogP contribution in [0.1, 0.15) is 43.6 Å². The fourth-order valence-electron chi connectivity index (χ4n) is 4.11. The van der Waals surface area contributed by atoms with Crippen LogP contribution in [0, 0.1) is 17.7 Å². The summed E-state index contributed by atoms with van der Waals surface area (Å²) in [5, 5.41) is 5.81. The molecule has 0 radical (unpaired) electrons. The lowest BCUT2D eigenvalue weighted by Crippen LogP contribution is -2.37. The second-order valence-corrected chi connectivity index (χ2v) is 13.3. The van der Waals surface area contributed by atoms with Crippen molar-refractivity contribution in [2.45, 2.75) is 32.6 Å². The van der Waals surface area contributed by atoms with Gasteiger partial charge in [-0.15, -0.1) is 0 Å². The molecule has 1 heterocycles. The highest BCUT2D eigenvalue weighted by molar-refractivity contribution is 7.89. The van der Waals surface area contributed by atoms with E-state index in [4.69, 9.17) is 4.74 Å². The number of hydrazone groups is 1. The summed E-state index contributed by atoms with van der Waals surface area (Å²) in [4.78, 5) is 18.3. The normalized spacial score (nSPS) is 12.2. The molecule has 0 saturated heterocycles. The number of hydrogen-bond donors (Lipinski definition) is 0. The van der Waals surface area contributed by atoms with E-state index in [-0.39, 0.29) is 27.4 Å². The van der Waals surface area contributed by atoms with Gasteiger partial charge in [0, 0.05) is 18.7 Å². The van der Waals surface area contributed by atoms with Crippen LogP contribution >= 0.6 is 11.3 Å². The number of methoxy groups -OCH3 is 1. The molecule has 4 aromatic rings. The van der Waals surface area contributed by atoms with E-state index in [2.05, 4.69) is 10.1 Å². The lowest BCUT2D eigenvalue weighted by molar-refractivity contribution is 0.0987. The molecule has 0 saturated carbocycles. The number of rotatable bonds is 11. The van der Waals surface area contributed by atoms with Crippen molar-refractivity contribution in [3.8, 4) is 5.75 Å². The molecule has 0 N–H and O–H groups in total. The number of carbonyl (C=O) groups is 1. The highest BCUT2D eigenvalue weighted by Crippen LogP contribution is 2.31. The maximum absolute atomic E-state index is 13.8. The number of ether oxygens (including phenoxy) is 1. The molecule has 0 aliphatic carbocycles. The number of sulfonamides is 1. The third-order valence-corrected chi connectivity index (χ3v) is 8.87. The molecule has 0 bridgehead atoms. The van der Waals surface area contributed by atoms with Gasteiger partial charge in [-0.25, -0.2) is 17.8 Å². The van der Waals surface area contributed by atoms with Gasteiger partial charge in [0.05, 0.1) is 28.4 Å². The minimum atomic E-state index is -3.76. The number of aromatic nitrogens is 1. The van der Waals surface area contributed by atoms with E-state index in [1.165, 1.54) is 46.9 Å². The van der Waals surface area contributed by atoms with Crippen LogP contribution in [0.15, 0.2) is 76.7 Å². The Morgan fingerprint density at radius 2 is 1.63 bits per heavy atom. The standard InChI is InChI=1S/C30H33FN4O4S2/c1-20(2)18-34(19-21(3)4)41(37,38)26-13-8-23(9-14-26)29(36)35(32-17-22-6-11-25(39-5)12-7-22)30-33-27-15-10-24(31)16-28(27)40-30/h6-17,20-21H,18-19H2,1-5H3/b32-17+. The highest BCUT2D eigenvalue weighted by atomic mass is 32.2. The van der Waals surface area contributed by atoms with Crippen molar-refractivity contribution in [1.29, 1.82) is 0 Å². The molecule has 0 aliphatic rings. The molecule has 0 unspecified atom stereocenters. The number of carbonyl (C=O) groups excluding carboxylic acids is 1. The number of benzene rings is 3. The second-order valence-electron chi connectivity index (χ2n) is 10.4. The van der Waals surface area contributed by atoms with Crippen LogP contribution in [0.4, 0.5) is 9.52 Å². The average molecular weight is 597 g/mol. The average Bonchev–Trinajstić information content (AvgIpc) is 3.35. The predicted molar refractivity (Wildman–Crippen MR) is 162 cm³/mol. The summed E-state index contributed by atoms with van der Waals surface area (Å²) < 4.78 is 48.0. The van der Waals surface area contributed by atoms with E-state index in [0.717, 1.165) is 16.3 Å². The Bertz CT molecular complexity index is 1620.